The average molecular weight is 202 g/mol. The summed E-state index contributed by atoms with van der Waals surface area (Å²) in [6, 6.07) is 0.272. The topological polar surface area (TPSA) is 41.6 Å². The number of nitrogens with zero attached hydrogens (tertiary/aromatic N) is 1. The predicted octanol–water partition coefficient (Wildman–Crippen LogP) is 0.479. The first-order chi connectivity index (χ1) is 6.65. The molecule has 0 aliphatic carbocycles. The summed E-state index contributed by atoms with van der Waals surface area (Å²) in [7, 11) is 3.48. The number of hydrogen-bond donors (Lipinski definition) is 1. The minimum atomic E-state index is 0.127. The fourth-order valence-electron chi connectivity index (χ4n) is 1.07. The molecule has 14 heavy (non-hydrogen) atoms. The standard InChI is InChI=1S/C10H22N2O2/c1-5-9(8-14-4)11-7-10(13)12(3)6-2/h9,11H,5-8H2,1-4H3. The minimum Gasteiger partial charge on any atom is -0.383 e. The second-order valence-electron chi connectivity index (χ2n) is 3.35. The van der Waals surface area contributed by atoms with Gasteiger partial charge >= 0.3 is 0 Å². The van der Waals surface area contributed by atoms with E-state index in [1.165, 1.54) is 0 Å². The number of ether oxygens (including phenoxy) is 1. The van der Waals surface area contributed by atoms with E-state index in [-0.39, 0.29) is 11.9 Å². The van der Waals surface area contributed by atoms with Crippen molar-refractivity contribution in [3.63, 3.8) is 0 Å². The second kappa shape index (κ2) is 7.76. The van der Waals surface area contributed by atoms with Gasteiger partial charge in [0.25, 0.3) is 0 Å². The highest BCUT2D eigenvalue weighted by Crippen LogP contribution is 1.91. The first kappa shape index (κ1) is 13.4. The van der Waals surface area contributed by atoms with Crippen molar-refractivity contribution in [3.8, 4) is 0 Å². The fourth-order valence-corrected chi connectivity index (χ4v) is 1.07. The molecule has 0 radical (unpaired) electrons. The Labute approximate surface area is 86.6 Å². The normalized spacial score (nSPS) is 12.6. The summed E-state index contributed by atoms with van der Waals surface area (Å²) in [6.45, 7) is 5.84. The highest BCUT2D eigenvalue weighted by atomic mass is 16.5. The van der Waals surface area contributed by atoms with Crippen LogP contribution in [0.3, 0.4) is 0 Å². The van der Waals surface area contributed by atoms with E-state index in [1.807, 2.05) is 6.92 Å². The largest absolute Gasteiger partial charge is 0.383 e. The monoisotopic (exact) mass is 202 g/mol. The van der Waals surface area contributed by atoms with E-state index < -0.39 is 0 Å². The van der Waals surface area contributed by atoms with Gasteiger partial charge in [-0.25, -0.2) is 0 Å². The fraction of sp³-hybridized carbons (Fsp3) is 0.900. The van der Waals surface area contributed by atoms with E-state index in [0.29, 0.717) is 13.2 Å². The molecule has 0 aromatic heterocycles. The third kappa shape index (κ3) is 5.19. The van der Waals surface area contributed by atoms with Crippen molar-refractivity contribution in [1.82, 2.24) is 10.2 Å². The van der Waals surface area contributed by atoms with Crippen LogP contribution in [0.25, 0.3) is 0 Å². The van der Waals surface area contributed by atoms with Crippen LogP contribution in [0.15, 0.2) is 0 Å². The van der Waals surface area contributed by atoms with E-state index in [4.69, 9.17) is 4.74 Å². The molecule has 1 atom stereocenters. The molecule has 0 rings (SSSR count). The molecule has 0 saturated heterocycles. The number of nitrogens with one attached hydrogen (secondary N) is 1. The number of hydrogen-bond acceptors (Lipinski definition) is 3. The van der Waals surface area contributed by atoms with Crippen LogP contribution in [-0.2, 0) is 9.53 Å². The first-order valence-electron chi connectivity index (χ1n) is 5.11. The van der Waals surface area contributed by atoms with Crippen molar-refractivity contribution in [2.45, 2.75) is 26.3 Å². The van der Waals surface area contributed by atoms with E-state index in [2.05, 4.69) is 12.2 Å². The van der Waals surface area contributed by atoms with Gasteiger partial charge in [0.15, 0.2) is 0 Å². The van der Waals surface area contributed by atoms with Gasteiger partial charge in [0, 0.05) is 26.7 Å². The molecular weight excluding hydrogens is 180 g/mol. The first-order valence-corrected chi connectivity index (χ1v) is 5.11. The summed E-state index contributed by atoms with van der Waals surface area (Å²) in [5.74, 6) is 0.127. The van der Waals surface area contributed by atoms with Crippen molar-refractivity contribution < 1.29 is 9.53 Å². The van der Waals surface area contributed by atoms with Crippen molar-refractivity contribution >= 4 is 5.91 Å². The molecule has 0 aliphatic rings. The molecule has 0 saturated carbocycles. The maximum absolute atomic E-state index is 11.4. The van der Waals surface area contributed by atoms with Crippen molar-refractivity contribution in [2.24, 2.45) is 0 Å². The molecule has 84 valence electrons. The maximum Gasteiger partial charge on any atom is 0.236 e. The summed E-state index contributed by atoms with van der Waals surface area (Å²) in [6.07, 6.45) is 0.969. The van der Waals surface area contributed by atoms with Crippen LogP contribution in [-0.4, -0.2) is 50.7 Å². The summed E-state index contributed by atoms with van der Waals surface area (Å²) in [5.41, 5.74) is 0. The van der Waals surface area contributed by atoms with Crippen molar-refractivity contribution in [1.29, 1.82) is 0 Å². The zero-order chi connectivity index (χ0) is 11.0. The van der Waals surface area contributed by atoms with Gasteiger partial charge in [0.2, 0.25) is 5.91 Å². The molecule has 0 aromatic rings. The Morgan fingerprint density at radius 1 is 1.50 bits per heavy atom. The minimum absolute atomic E-state index is 0.127. The Hall–Kier alpha value is -0.610. The number of amides is 1. The highest BCUT2D eigenvalue weighted by molar-refractivity contribution is 5.77. The molecule has 4 heteroatoms. The van der Waals surface area contributed by atoms with Crippen LogP contribution in [0.4, 0.5) is 0 Å². The number of carbonyl (C=O) groups is 1. The molecule has 0 fully saturated rings. The molecular formula is C10H22N2O2. The molecule has 1 amide bonds. The van der Waals surface area contributed by atoms with E-state index >= 15 is 0 Å². The summed E-state index contributed by atoms with van der Waals surface area (Å²) in [5, 5.41) is 3.17. The van der Waals surface area contributed by atoms with E-state index in [0.717, 1.165) is 13.0 Å². The quantitative estimate of drug-likeness (QED) is 0.653. The van der Waals surface area contributed by atoms with Crippen LogP contribution in [0.1, 0.15) is 20.3 Å². The van der Waals surface area contributed by atoms with Crippen LogP contribution in [0.5, 0.6) is 0 Å². The highest BCUT2D eigenvalue weighted by Gasteiger charge is 2.09. The lowest BCUT2D eigenvalue weighted by Crippen LogP contribution is -2.41. The van der Waals surface area contributed by atoms with Gasteiger partial charge in [-0.3, -0.25) is 4.79 Å². The van der Waals surface area contributed by atoms with Crippen molar-refractivity contribution in [3.05, 3.63) is 0 Å². The van der Waals surface area contributed by atoms with E-state index in [9.17, 15) is 4.79 Å². The molecule has 1 N–H and O–H groups in total. The Kier molecular flexibility index (Phi) is 7.42. The van der Waals surface area contributed by atoms with Gasteiger partial charge in [-0.1, -0.05) is 6.92 Å². The van der Waals surface area contributed by atoms with Gasteiger partial charge in [-0.2, -0.15) is 0 Å². The second-order valence-corrected chi connectivity index (χ2v) is 3.35. The predicted molar refractivity (Wildman–Crippen MR) is 57.3 cm³/mol. The SMILES string of the molecule is CCC(COC)NCC(=O)N(C)CC. The van der Waals surface area contributed by atoms with Crippen LogP contribution in [0.2, 0.25) is 0 Å². The zero-order valence-corrected chi connectivity index (χ0v) is 9.67. The Bertz CT molecular complexity index is 162. The smallest absolute Gasteiger partial charge is 0.236 e. The van der Waals surface area contributed by atoms with Crippen LogP contribution < -0.4 is 5.32 Å². The lowest BCUT2D eigenvalue weighted by atomic mass is 10.2. The summed E-state index contributed by atoms with van der Waals surface area (Å²) in [4.78, 5) is 13.1. The summed E-state index contributed by atoms with van der Waals surface area (Å²) >= 11 is 0. The van der Waals surface area contributed by atoms with Gasteiger partial charge in [0.1, 0.15) is 0 Å². The lowest BCUT2D eigenvalue weighted by molar-refractivity contribution is -0.128. The average Bonchev–Trinajstić information content (AvgIpc) is 2.22. The van der Waals surface area contributed by atoms with Gasteiger partial charge < -0.3 is 15.0 Å². The number of carbonyl (C=O) groups excluding carboxylic acids is 1. The summed E-state index contributed by atoms with van der Waals surface area (Å²) < 4.78 is 5.03. The van der Waals surface area contributed by atoms with Gasteiger partial charge in [-0.15, -0.1) is 0 Å². The Balaban J connectivity index is 3.73. The maximum atomic E-state index is 11.4. The number of rotatable bonds is 7. The molecule has 4 nitrogen and oxygen atoms in total. The Morgan fingerprint density at radius 2 is 2.14 bits per heavy atom. The molecule has 1 unspecified atom stereocenters. The molecule has 0 bridgehead atoms. The zero-order valence-electron chi connectivity index (χ0n) is 9.67. The van der Waals surface area contributed by atoms with Crippen LogP contribution in [0, 0.1) is 0 Å². The molecule has 0 heterocycles. The lowest BCUT2D eigenvalue weighted by Gasteiger charge is -2.19. The third-order valence-electron chi connectivity index (χ3n) is 2.30. The Morgan fingerprint density at radius 3 is 2.57 bits per heavy atom. The molecule has 0 aliphatic heterocycles. The van der Waals surface area contributed by atoms with Crippen molar-refractivity contribution in [2.75, 3.05) is 33.9 Å². The number of likely N-dealkylation sites (N-methyl/N-ethyl adjacent to an activating group) is 1. The van der Waals surface area contributed by atoms with E-state index in [1.54, 1.807) is 19.1 Å². The van der Waals surface area contributed by atoms with Crippen LogP contribution >= 0.6 is 0 Å². The molecule has 0 spiro atoms. The third-order valence-corrected chi connectivity index (χ3v) is 2.30. The molecule has 0 aromatic carbocycles. The van der Waals surface area contributed by atoms with Gasteiger partial charge in [-0.05, 0) is 13.3 Å². The van der Waals surface area contributed by atoms with Gasteiger partial charge in [0.05, 0.1) is 13.2 Å². The number of methoxy groups -OCH3 is 1.